The third-order valence-electron chi connectivity index (χ3n) is 5.19. The van der Waals surface area contributed by atoms with Crippen LogP contribution in [-0.4, -0.2) is 48.6 Å². The normalized spacial score (nSPS) is 16.5. The van der Waals surface area contributed by atoms with Crippen molar-refractivity contribution >= 4 is 17.5 Å². The number of anilines is 2. The van der Waals surface area contributed by atoms with Gasteiger partial charge in [-0.15, -0.1) is 0 Å². The number of pyridine rings is 1. The summed E-state index contributed by atoms with van der Waals surface area (Å²) < 4.78 is 40.8. The highest BCUT2D eigenvalue weighted by atomic mass is 19.4. The first-order valence-corrected chi connectivity index (χ1v) is 9.64. The van der Waals surface area contributed by atoms with E-state index >= 15 is 0 Å². The summed E-state index contributed by atoms with van der Waals surface area (Å²) in [6.07, 6.45) is -1.03. The van der Waals surface area contributed by atoms with Gasteiger partial charge in [0.15, 0.2) is 5.82 Å². The number of carbonyl (C=O) groups is 1. The zero-order chi connectivity index (χ0) is 22.2. The zero-order valence-corrected chi connectivity index (χ0v) is 16.9. The Balaban J connectivity index is 1.70. The highest BCUT2D eigenvalue weighted by molar-refractivity contribution is 5.73. The number of hydrogen-bond donors (Lipinski definition) is 1. The fraction of sp³-hybridized carbons (Fsp3) is 0.350. The number of amides is 1. The second-order valence-electron chi connectivity index (χ2n) is 7.34. The van der Waals surface area contributed by atoms with Crippen LogP contribution in [0.15, 0.2) is 36.7 Å². The molecule has 162 valence electrons. The van der Waals surface area contributed by atoms with Crippen molar-refractivity contribution in [3.05, 3.63) is 47.9 Å². The molecule has 1 N–H and O–H groups in total. The zero-order valence-electron chi connectivity index (χ0n) is 16.9. The lowest BCUT2D eigenvalue weighted by molar-refractivity contribution is -0.137. The Morgan fingerprint density at radius 1 is 1.16 bits per heavy atom. The highest BCUT2D eigenvalue weighted by Crippen LogP contribution is 2.32. The molecule has 0 saturated carbocycles. The molecule has 4 rings (SSSR count). The quantitative estimate of drug-likeness (QED) is 0.682. The number of nitrogens with one attached hydrogen (secondary N) is 1. The molecular formula is C20H20F3N7O. The number of aromatic nitrogens is 5. The van der Waals surface area contributed by atoms with E-state index in [1.165, 1.54) is 6.92 Å². The van der Waals surface area contributed by atoms with Gasteiger partial charge in [0.2, 0.25) is 5.91 Å². The minimum Gasteiger partial charge on any atom is -0.342 e. The summed E-state index contributed by atoms with van der Waals surface area (Å²) in [6.45, 7) is 2.68. The minimum absolute atomic E-state index is 0.00470. The Labute approximate surface area is 176 Å². The molecule has 0 bridgehead atoms. The van der Waals surface area contributed by atoms with Crippen LogP contribution in [0.1, 0.15) is 30.5 Å². The first-order valence-electron chi connectivity index (χ1n) is 9.64. The molecule has 4 heterocycles. The fourth-order valence-corrected chi connectivity index (χ4v) is 3.54. The van der Waals surface area contributed by atoms with Crippen molar-refractivity contribution in [1.29, 1.82) is 0 Å². The number of rotatable bonds is 4. The lowest BCUT2D eigenvalue weighted by Crippen LogP contribution is -2.25. The van der Waals surface area contributed by atoms with E-state index in [0.717, 1.165) is 24.8 Å². The lowest BCUT2D eigenvalue weighted by atomic mass is 10.0. The molecule has 11 heteroatoms. The van der Waals surface area contributed by atoms with Gasteiger partial charge < -0.3 is 10.2 Å². The molecule has 8 nitrogen and oxygen atoms in total. The van der Waals surface area contributed by atoms with Crippen LogP contribution in [0.3, 0.4) is 0 Å². The third kappa shape index (κ3) is 4.49. The van der Waals surface area contributed by atoms with Crippen molar-refractivity contribution < 1.29 is 18.0 Å². The van der Waals surface area contributed by atoms with Gasteiger partial charge in [0.25, 0.3) is 0 Å². The molecule has 3 aromatic rings. The number of nitrogens with zero attached hydrogens (tertiary/aromatic N) is 6. The van der Waals surface area contributed by atoms with E-state index < -0.39 is 11.7 Å². The average Bonchev–Trinajstić information content (AvgIpc) is 3.37. The van der Waals surface area contributed by atoms with Crippen molar-refractivity contribution in [1.82, 2.24) is 29.6 Å². The number of likely N-dealkylation sites (tertiary alicyclic amines) is 1. The van der Waals surface area contributed by atoms with E-state index in [0.29, 0.717) is 36.1 Å². The number of hydrogen-bond acceptors (Lipinski definition) is 6. The maximum atomic E-state index is 13.0. The third-order valence-corrected chi connectivity index (χ3v) is 5.19. The van der Waals surface area contributed by atoms with E-state index in [1.807, 2.05) is 0 Å². The van der Waals surface area contributed by atoms with Crippen LogP contribution in [0.2, 0.25) is 0 Å². The standard InChI is InChI=1S/C20H20F3N7O/c1-12(31)30-8-5-13(11-30)15-10-18(28-19(26-15)16-4-7-25-29(16)2)27-17-9-14(3-6-24-17)20(21,22)23/h3-4,6-7,9-10,13H,5,8,11H2,1-2H3,(H,24,26,27,28). The lowest BCUT2D eigenvalue weighted by Gasteiger charge is -2.16. The number of halogens is 3. The molecule has 1 fully saturated rings. The molecule has 1 aliphatic heterocycles. The van der Waals surface area contributed by atoms with Crippen LogP contribution in [0, 0.1) is 0 Å². The maximum Gasteiger partial charge on any atom is 0.416 e. The summed E-state index contributed by atoms with van der Waals surface area (Å²) in [5.41, 5.74) is 0.548. The molecular weight excluding hydrogens is 411 g/mol. The van der Waals surface area contributed by atoms with Crippen molar-refractivity contribution in [2.75, 3.05) is 18.4 Å². The van der Waals surface area contributed by atoms with Crippen LogP contribution >= 0.6 is 0 Å². The first kappa shape index (κ1) is 20.8. The summed E-state index contributed by atoms with van der Waals surface area (Å²) in [5.74, 6) is 0.707. The Morgan fingerprint density at radius 2 is 1.97 bits per heavy atom. The summed E-state index contributed by atoms with van der Waals surface area (Å²) in [7, 11) is 1.75. The van der Waals surface area contributed by atoms with Crippen molar-refractivity contribution in [3.63, 3.8) is 0 Å². The molecule has 3 aromatic heterocycles. The Kier molecular flexibility index (Phi) is 5.34. The second-order valence-corrected chi connectivity index (χ2v) is 7.34. The summed E-state index contributed by atoms with van der Waals surface area (Å²) in [4.78, 5) is 26.6. The van der Waals surface area contributed by atoms with Crippen molar-refractivity contribution in [3.8, 4) is 11.5 Å². The molecule has 1 amide bonds. The number of carbonyl (C=O) groups excluding carboxylic acids is 1. The molecule has 0 aliphatic carbocycles. The van der Waals surface area contributed by atoms with E-state index in [9.17, 15) is 18.0 Å². The fourth-order valence-electron chi connectivity index (χ4n) is 3.54. The number of alkyl halides is 3. The van der Waals surface area contributed by atoms with Gasteiger partial charge in [-0.3, -0.25) is 9.48 Å². The second kappa shape index (κ2) is 7.97. The summed E-state index contributed by atoms with van der Waals surface area (Å²) >= 11 is 0. The van der Waals surface area contributed by atoms with Crippen LogP contribution in [-0.2, 0) is 18.0 Å². The van der Waals surface area contributed by atoms with Gasteiger partial charge in [0.05, 0.1) is 11.3 Å². The largest absolute Gasteiger partial charge is 0.416 e. The molecule has 1 aliphatic rings. The Hall–Kier alpha value is -3.50. The van der Waals surface area contributed by atoms with Crippen LogP contribution in [0.25, 0.3) is 11.5 Å². The molecule has 0 radical (unpaired) electrons. The van der Waals surface area contributed by atoms with Crippen molar-refractivity contribution in [2.24, 2.45) is 7.05 Å². The summed E-state index contributed by atoms with van der Waals surface area (Å²) in [5, 5.41) is 7.00. The highest BCUT2D eigenvalue weighted by Gasteiger charge is 2.31. The first-order chi connectivity index (χ1) is 14.7. The van der Waals surface area contributed by atoms with E-state index in [1.54, 1.807) is 35.0 Å². The SMILES string of the molecule is CC(=O)N1CCC(c2cc(Nc3cc(C(F)(F)F)ccn3)nc(-c3ccnn3C)n2)C1. The summed E-state index contributed by atoms with van der Waals surface area (Å²) in [6, 6.07) is 5.28. The van der Waals surface area contributed by atoms with Gasteiger partial charge in [-0.1, -0.05) is 0 Å². The van der Waals surface area contributed by atoms with Crippen LogP contribution in [0.4, 0.5) is 24.8 Å². The van der Waals surface area contributed by atoms with Gasteiger partial charge in [-0.25, -0.2) is 15.0 Å². The van der Waals surface area contributed by atoms with Gasteiger partial charge in [-0.2, -0.15) is 18.3 Å². The topological polar surface area (TPSA) is 88.8 Å². The Bertz CT molecular complexity index is 1110. The van der Waals surface area contributed by atoms with E-state index in [-0.39, 0.29) is 17.6 Å². The molecule has 31 heavy (non-hydrogen) atoms. The van der Waals surface area contributed by atoms with E-state index in [2.05, 4.69) is 25.4 Å². The van der Waals surface area contributed by atoms with Gasteiger partial charge in [0, 0.05) is 51.4 Å². The molecule has 0 aromatic carbocycles. The van der Waals surface area contributed by atoms with Gasteiger partial charge >= 0.3 is 6.18 Å². The monoisotopic (exact) mass is 431 g/mol. The minimum atomic E-state index is -4.48. The van der Waals surface area contributed by atoms with E-state index in [4.69, 9.17) is 0 Å². The van der Waals surface area contributed by atoms with Crippen molar-refractivity contribution in [2.45, 2.75) is 25.4 Å². The molecule has 1 unspecified atom stereocenters. The molecule has 1 atom stereocenters. The Morgan fingerprint density at radius 3 is 2.61 bits per heavy atom. The van der Waals surface area contributed by atoms with Crippen LogP contribution < -0.4 is 5.32 Å². The van der Waals surface area contributed by atoms with Gasteiger partial charge in [0.1, 0.15) is 17.3 Å². The molecule has 1 saturated heterocycles. The smallest absolute Gasteiger partial charge is 0.342 e. The maximum absolute atomic E-state index is 13.0. The number of aryl methyl sites for hydroxylation is 1. The predicted octanol–water partition coefficient (Wildman–Crippen LogP) is 3.37. The average molecular weight is 431 g/mol. The predicted molar refractivity (Wildman–Crippen MR) is 106 cm³/mol. The van der Waals surface area contributed by atoms with Gasteiger partial charge in [-0.05, 0) is 24.6 Å². The molecule has 0 spiro atoms. The van der Waals surface area contributed by atoms with Crippen LogP contribution in [0.5, 0.6) is 0 Å².